The smallest absolute Gasteiger partial charge is 0.317 e. The number of aliphatic hydroxyl groups is 1. The first-order valence-electron chi connectivity index (χ1n) is 7.84. The van der Waals surface area contributed by atoms with E-state index in [0.29, 0.717) is 24.5 Å². The Labute approximate surface area is 116 Å². The molecule has 2 rings (SSSR count). The maximum absolute atomic E-state index is 12.2. The predicted octanol–water partition coefficient (Wildman–Crippen LogP) is 2.51. The minimum Gasteiger partial charge on any atom is -0.391 e. The Kier molecular flexibility index (Phi) is 5.08. The van der Waals surface area contributed by atoms with Crippen LogP contribution in [-0.2, 0) is 0 Å². The van der Waals surface area contributed by atoms with Crippen LogP contribution in [0.2, 0.25) is 0 Å². The molecule has 1 saturated heterocycles. The van der Waals surface area contributed by atoms with Crippen LogP contribution >= 0.6 is 0 Å². The summed E-state index contributed by atoms with van der Waals surface area (Å²) < 4.78 is 0. The third-order valence-electron chi connectivity index (χ3n) is 4.83. The van der Waals surface area contributed by atoms with Crippen molar-refractivity contribution in [3.63, 3.8) is 0 Å². The van der Waals surface area contributed by atoms with E-state index >= 15 is 0 Å². The number of likely N-dealkylation sites (tertiary alicyclic amines) is 1. The number of aliphatic hydroxyl groups excluding tert-OH is 1. The first kappa shape index (κ1) is 14.6. The van der Waals surface area contributed by atoms with E-state index in [1.807, 2.05) is 4.90 Å². The molecule has 0 radical (unpaired) electrons. The number of hydrogen-bond acceptors (Lipinski definition) is 2. The average molecular weight is 268 g/mol. The molecule has 0 aromatic heterocycles. The topological polar surface area (TPSA) is 52.6 Å². The molecule has 0 spiro atoms. The van der Waals surface area contributed by atoms with Crippen LogP contribution in [0, 0.1) is 5.92 Å². The molecule has 0 bridgehead atoms. The Hall–Kier alpha value is -0.770. The number of nitrogens with zero attached hydrogens (tertiary/aromatic N) is 1. The van der Waals surface area contributed by atoms with Crippen molar-refractivity contribution in [2.45, 2.75) is 77.0 Å². The number of amides is 2. The molecule has 2 aliphatic rings. The number of nitrogens with one attached hydrogen (secondary N) is 1. The zero-order valence-corrected chi connectivity index (χ0v) is 12.3. The van der Waals surface area contributed by atoms with Gasteiger partial charge in [0, 0.05) is 18.6 Å². The molecule has 2 N–H and O–H groups in total. The Bertz CT molecular complexity index is 293. The SMILES string of the molecule is CC1CCCC(C)N1C(=O)NCC(O)C1CCCC1. The Balaban J connectivity index is 1.79. The van der Waals surface area contributed by atoms with Crippen molar-refractivity contribution in [3.8, 4) is 0 Å². The van der Waals surface area contributed by atoms with Gasteiger partial charge in [-0.25, -0.2) is 4.79 Å². The van der Waals surface area contributed by atoms with E-state index in [9.17, 15) is 9.90 Å². The molecule has 110 valence electrons. The van der Waals surface area contributed by atoms with Gasteiger partial charge in [0.1, 0.15) is 0 Å². The van der Waals surface area contributed by atoms with Crippen LogP contribution in [0.5, 0.6) is 0 Å². The third-order valence-corrected chi connectivity index (χ3v) is 4.83. The largest absolute Gasteiger partial charge is 0.391 e. The summed E-state index contributed by atoms with van der Waals surface area (Å²) in [7, 11) is 0. The molecule has 1 aliphatic carbocycles. The van der Waals surface area contributed by atoms with Gasteiger partial charge >= 0.3 is 6.03 Å². The highest BCUT2D eigenvalue weighted by Gasteiger charge is 2.30. The summed E-state index contributed by atoms with van der Waals surface area (Å²) in [6.07, 6.45) is 7.65. The molecular weight excluding hydrogens is 240 g/mol. The van der Waals surface area contributed by atoms with Gasteiger partial charge in [-0.05, 0) is 51.9 Å². The quantitative estimate of drug-likeness (QED) is 0.826. The Morgan fingerprint density at radius 3 is 2.32 bits per heavy atom. The highest BCUT2D eigenvalue weighted by molar-refractivity contribution is 5.75. The van der Waals surface area contributed by atoms with Gasteiger partial charge < -0.3 is 15.3 Å². The molecule has 1 aliphatic heterocycles. The van der Waals surface area contributed by atoms with Crippen molar-refractivity contribution >= 4 is 6.03 Å². The van der Waals surface area contributed by atoms with E-state index in [0.717, 1.165) is 25.7 Å². The summed E-state index contributed by atoms with van der Waals surface area (Å²) in [5.41, 5.74) is 0. The molecule has 3 unspecified atom stereocenters. The van der Waals surface area contributed by atoms with Gasteiger partial charge in [-0.15, -0.1) is 0 Å². The second-order valence-corrected chi connectivity index (χ2v) is 6.33. The maximum atomic E-state index is 12.2. The number of urea groups is 1. The molecule has 4 heteroatoms. The third kappa shape index (κ3) is 3.62. The van der Waals surface area contributed by atoms with Crippen LogP contribution in [0.1, 0.15) is 58.8 Å². The Morgan fingerprint density at radius 2 is 1.74 bits per heavy atom. The summed E-state index contributed by atoms with van der Waals surface area (Å²) in [6.45, 7) is 4.63. The van der Waals surface area contributed by atoms with Crippen molar-refractivity contribution in [1.29, 1.82) is 0 Å². The molecular formula is C15H28N2O2. The molecule has 2 amide bonds. The molecule has 2 fully saturated rings. The van der Waals surface area contributed by atoms with Crippen molar-refractivity contribution in [2.75, 3.05) is 6.54 Å². The van der Waals surface area contributed by atoms with Crippen LogP contribution in [-0.4, -0.2) is 40.8 Å². The summed E-state index contributed by atoms with van der Waals surface area (Å²) in [5, 5.41) is 13.0. The van der Waals surface area contributed by atoms with E-state index in [2.05, 4.69) is 19.2 Å². The molecule has 3 atom stereocenters. The Morgan fingerprint density at radius 1 is 1.16 bits per heavy atom. The molecule has 0 aromatic rings. The molecule has 0 aromatic carbocycles. The molecule has 1 heterocycles. The normalized spacial score (nSPS) is 30.4. The van der Waals surface area contributed by atoms with Gasteiger partial charge in [0.2, 0.25) is 0 Å². The lowest BCUT2D eigenvalue weighted by atomic mass is 9.98. The van der Waals surface area contributed by atoms with Gasteiger partial charge in [-0.1, -0.05) is 12.8 Å². The zero-order chi connectivity index (χ0) is 13.8. The van der Waals surface area contributed by atoms with Crippen LogP contribution < -0.4 is 5.32 Å². The van der Waals surface area contributed by atoms with Crippen molar-refractivity contribution < 1.29 is 9.90 Å². The van der Waals surface area contributed by atoms with Crippen molar-refractivity contribution in [3.05, 3.63) is 0 Å². The lowest BCUT2D eigenvalue weighted by molar-refractivity contribution is 0.0955. The predicted molar refractivity (Wildman–Crippen MR) is 76.0 cm³/mol. The van der Waals surface area contributed by atoms with Crippen molar-refractivity contribution in [2.24, 2.45) is 5.92 Å². The fourth-order valence-electron chi connectivity index (χ4n) is 3.61. The number of carbonyl (C=O) groups is 1. The summed E-state index contributed by atoms with van der Waals surface area (Å²) in [6, 6.07) is 0.622. The first-order chi connectivity index (χ1) is 9.09. The van der Waals surface area contributed by atoms with Crippen LogP contribution in [0.15, 0.2) is 0 Å². The van der Waals surface area contributed by atoms with Gasteiger partial charge in [0.05, 0.1) is 6.10 Å². The second-order valence-electron chi connectivity index (χ2n) is 6.33. The van der Waals surface area contributed by atoms with Gasteiger partial charge in [0.15, 0.2) is 0 Å². The number of hydrogen-bond donors (Lipinski definition) is 2. The fraction of sp³-hybridized carbons (Fsp3) is 0.933. The van der Waals surface area contributed by atoms with E-state index in [4.69, 9.17) is 0 Å². The van der Waals surface area contributed by atoms with E-state index < -0.39 is 0 Å². The van der Waals surface area contributed by atoms with Gasteiger partial charge in [0.25, 0.3) is 0 Å². The number of carbonyl (C=O) groups excluding carboxylic acids is 1. The van der Waals surface area contributed by atoms with E-state index in [1.54, 1.807) is 0 Å². The van der Waals surface area contributed by atoms with Crippen molar-refractivity contribution in [1.82, 2.24) is 10.2 Å². The fourth-order valence-corrected chi connectivity index (χ4v) is 3.61. The van der Waals surface area contributed by atoms with Gasteiger partial charge in [-0.2, -0.15) is 0 Å². The van der Waals surface area contributed by atoms with Crippen LogP contribution in [0.4, 0.5) is 4.79 Å². The van der Waals surface area contributed by atoms with Gasteiger partial charge in [-0.3, -0.25) is 0 Å². The molecule has 4 nitrogen and oxygen atoms in total. The second kappa shape index (κ2) is 6.60. The number of piperidine rings is 1. The minimum absolute atomic E-state index is 0.00301. The highest BCUT2D eigenvalue weighted by atomic mass is 16.3. The molecule has 1 saturated carbocycles. The van der Waals surface area contributed by atoms with E-state index in [1.165, 1.54) is 19.3 Å². The highest BCUT2D eigenvalue weighted by Crippen LogP contribution is 2.27. The lowest BCUT2D eigenvalue weighted by Crippen LogP contribution is -2.53. The maximum Gasteiger partial charge on any atom is 0.317 e. The lowest BCUT2D eigenvalue weighted by Gasteiger charge is -2.39. The summed E-state index contributed by atoms with van der Waals surface area (Å²) in [4.78, 5) is 14.2. The summed E-state index contributed by atoms with van der Waals surface area (Å²) >= 11 is 0. The summed E-state index contributed by atoms with van der Waals surface area (Å²) in [5.74, 6) is 0.386. The average Bonchev–Trinajstić information content (AvgIpc) is 2.89. The first-order valence-corrected chi connectivity index (χ1v) is 7.84. The zero-order valence-electron chi connectivity index (χ0n) is 12.3. The monoisotopic (exact) mass is 268 g/mol. The van der Waals surface area contributed by atoms with Crippen LogP contribution in [0.25, 0.3) is 0 Å². The van der Waals surface area contributed by atoms with Crippen LogP contribution in [0.3, 0.4) is 0 Å². The minimum atomic E-state index is -0.373. The van der Waals surface area contributed by atoms with E-state index in [-0.39, 0.29) is 12.1 Å². The standard InChI is InChI=1S/C15H28N2O2/c1-11-6-5-7-12(2)17(11)15(19)16-10-14(18)13-8-3-4-9-13/h11-14,18H,3-10H2,1-2H3,(H,16,19). The number of rotatable bonds is 3. The molecule has 19 heavy (non-hydrogen) atoms.